The van der Waals surface area contributed by atoms with E-state index < -0.39 is 5.91 Å². The van der Waals surface area contributed by atoms with E-state index in [0.717, 1.165) is 22.1 Å². The molecule has 188 valence electrons. The molecule has 0 unspecified atom stereocenters. The minimum Gasteiger partial charge on any atom is -0.457 e. The predicted molar refractivity (Wildman–Crippen MR) is 147 cm³/mol. The third-order valence-electron chi connectivity index (χ3n) is 7.28. The average molecular weight is 503 g/mol. The van der Waals surface area contributed by atoms with Gasteiger partial charge in [0.25, 0.3) is 5.91 Å². The molecule has 4 aromatic carbocycles. The summed E-state index contributed by atoms with van der Waals surface area (Å²) in [6.07, 6.45) is 3.16. The monoisotopic (exact) mass is 502 g/mol. The molecular weight excluding hydrogens is 476 g/mol. The Morgan fingerprint density at radius 3 is 2.32 bits per heavy atom. The first-order valence-electron chi connectivity index (χ1n) is 12.7. The molecule has 4 aromatic rings. The van der Waals surface area contributed by atoms with Crippen LogP contribution in [0, 0.1) is 11.8 Å². The number of carbonyl (C=O) groups is 3. The quantitative estimate of drug-likeness (QED) is 0.243. The van der Waals surface area contributed by atoms with Crippen LogP contribution in [0.15, 0.2) is 103 Å². The molecule has 3 amide bonds. The van der Waals surface area contributed by atoms with Crippen molar-refractivity contribution in [3.8, 4) is 11.5 Å². The van der Waals surface area contributed by atoms with E-state index in [-0.39, 0.29) is 29.2 Å². The zero-order valence-corrected chi connectivity index (χ0v) is 20.9. The summed E-state index contributed by atoms with van der Waals surface area (Å²) in [5.41, 5.74) is 2.29. The molecule has 6 heteroatoms. The van der Waals surface area contributed by atoms with Crippen LogP contribution in [-0.2, 0) is 9.59 Å². The molecule has 1 aliphatic carbocycles. The fraction of sp³-hybridized carbons (Fsp3) is 0.156. The highest BCUT2D eigenvalue weighted by molar-refractivity contribution is 6.25. The smallest absolute Gasteiger partial charge is 0.257 e. The van der Waals surface area contributed by atoms with Crippen LogP contribution in [0.4, 0.5) is 11.4 Å². The Hall–Kier alpha value is -4.71. The van der Waals surface area contributed by atoms with Crippen molar-refractivity contribution < 1.29 is 19.1 Å². The van der Waals surface area contributed by atoms with Gasteiger partial charge in [0.05, 0.1) is 23.1 Å². The van der Waals surface area contributed by atoms with Crippen molar-refractivity contribution in [3.05, 3.63) is 108 Å². The van der Waals surface area contributed by atoms with Gasteiger partial charge in [-0.1, -0.05) is 54.1 Å². The Kier molecular flexibility index (Phi) is 6.00. The number of nitrogens with one attached hydrogen (secondary N) is 1. The minimum absolute atomic E-state index is 0.233. The summed E-state index contributed by atoms with van der Waals surface area (Å²) in [5, 5.41) is 5.11. The number of amides is 3. The summed E-state index contributed by atoms with van der Waals surface area (Å²) in [5.74, 6) is -0.231. The lowest BCUT2D eigenvalue weighted by Crippen LogP contribution is -2.33. The van der Waals surface area contributed by atoms with E-state index in [1.54, 1.807) is 48.5 Å². The van der Waals surface area contributed by atoms with Crippen LogP contribution >= 0.6 is 0 Å². The number of benzene rings is 4. The van der Waals surface area contributed by atoms with Crippen molar-refractivity contribution in [2.24, 2.45) is 11.8 Å². The first-order chi connectivity index (χ1) is 18.5. The molecule has 6 rings (SSSR count). The van der Waals surface area contributed by atoms with Gasteiger partial charge in [-0.3, -0.25) is 14.4 Å². The predicted octanol–water partition coefficient (Wildman–Crippen LogP) is 6.73. The summed E-state index contributed by atoms with van der Waals surface area (Å²) in [7, 11) is 0. The molecule has 6 nitrogen and oxygen atoms in total. The number of hydrogen-bond donors (Lipinski definition) is 1. The second kappa shape index (κ2) is 9.63. The van der Waals surface area contributed by atoms with Crippen molar-refractivity contribution in [2.45, 2.75) is 19.8 Å². The first-order valence-corrected chi connectivity index (χ1v) is 12.7. The van der Waals surface area contributed by atoms with Crippen LogP contribution in [0.2, 0.25) is 0 Å². The Morgan fingerprint density at radius 2 is 1.50 bits per heavy atom. The summed E-state index contributed by atoms with van der Waals surface area (Å²) in [6.45, 7) is 1.98. The van der Waals surface area contributed by atoms with Gasteiger partial charge in [-0.15, -0.1) is 0 Å². The minimum atomic E-state index is -0.395. The lowest BCUT2D eigenvalue weighted by molar-refractivity contribution is -0.122. The van der Waals surface area contributed by atoms with Gasteiger partial charge in [-0.25, -0.2) is 4.90 Å². The van der Waals surface area contributed by atoms with Gasteiger partial charge in [0.2, 0.25) is 11.8 Å². The SMILES string of the molecule is CC1=CC[C@H]2C(=O)N(c3ccccc3C(=O)Nc3ccc(Oc4ccc5ccccc5c4)cc3)C(=O)[C@@H]2C1. The number of imide groups is 1. The lowest BCUT2D eigenvalue weighted by Gasteiger charge is -2.19. The average Bonchev–Trinajstić information content (AvgIpc) is 3.18. The van der Waals surface area contributed by atoms with Gasteiger partial charge in [0.15, 0.2) is 0 Å². The summed E-state index contributed by atoms with van der Waals surface area (Å²) < 4.78 is 6.00. The molecule has 38 heavy (non-hydrogen) atoms. The summed E-state index contributed by atoms with van der Waals surface area (Å²) >= 11 is 0. The molecular formula is C32H26N2O4. The summed E-state index contributed by atoms with van der Waals surface area (Å²) in [6, 6.07) is 27.8. The molecule has 0 saturated carbocycles. The zero-order chi connectivity index (χ0) is 26.2. The standard InChI is InChI=1S/C32H26N2O4/c1-20-10-17-26-28(18-20)32(37)34(31(26)36)29-9-5-4-8-27(29)30(35)33-23-12-15-24(16-13-23)38-25-14-11-21-6-2-3-7-22(21)19-25/h2-16,19,26,28H,17-18H2,1H3,(H,33,35)/t26-,28-/m1/s1. The molecule has 2 atom stereocenters. The van der Waals surface area contributed by atoms with Crippen LogP contribution in [-0.4, -0.2) is 17.7 Å². The maximum absolute atomic E-state index is 13.3. The van der Waals surface area contributed by atoms with Crippen molar-refractivity contribution in [1.82, 2.24) is 0 Å². The molecule has 0 spiro atoms. The van der Waals surface area contributed by atoms with Crippen molar-refractivity contribution in [1.29, 1.82) is 0 Å². The second-order valence-corrected chi connectivity index (χ2v) is 9.82. The number of rotatable bonds is 5. The molecule has 1 saturated heterocycles. The second-order valence-electron chi connectivity index (χ2n) is 9.82. The number of allylic oxidation sites excluding steroid dienone is 2. The topological polar surface area (TPSA) is 75.7 Å². The fourth-order valence-corrected chi connectivity index (χ4v) is 5.31. The molecule has 0 radical (unpaired) electrons. The molecule has 1 aliphatic heterocycles. The van der Waals surface area contributed by atoms with Crippen LogP contribution in [0.5, 0.6) is 11.5 Å². The van der Waals surface area contributed by atoms with E-state index in [4.69, 9.17) is 4.74 Å². The number of carbonyl (C=O) groups excluding carboxylic acids is 3. The number of nitrogens with zero attached hydrogens (tertiary/aromatic N) is 1. The maximum atomic E-state index is 13.3. The van der Waals surface area contributed by atoms with Crippen LogP contribution < -0.4 is 15.0 Å². The molecule has 0 bridgehead atoms. The molecule has 1 heterocycles. The third-order valence-corrected chi connectivity index (χ3v) is 7.28. The Labute approximate surface area is 220 Å². The Morgan fingerprint density at radius 1 is 0.816 bits per heavy atom. The zero-order valence-electron chi connectivity index (χ0n) is 20.9. The van der Waals surface area contributed by atoms with Crippen molar-refractivity contribution in [2.75, 3.05) is 10.2 Å². The molecule has 1 N–H and O–H groups in total. The van der Waals surface area contributed by atoms with Gasteiger partial charge >= 0.3 is 0 Å². The third kappa shape index (κ3) is 4.34. The van der Waals surface area contributed by atoms with Gasteiger partial charge in [0.1, 0.15) is 11.5 Å². The van der Waals surface area contributed by atoms with E-state index in [1.807, 2.05) is 49.4 Å². The highest BCUT2D eigenvalue weighted by Crippen LogP contribution is 2.40. The summed E-state index contributed by atoms with van der Waals surface area (Å²) in [4.78, 5) is 40.9. The highest BCUT2D eigenvalue weighted by Gasteiger charge is 2.49. The first kappa shape index (κ1) is 23.7. The number of ether oxygens (including phenoxy) is 1. The van der Waals surface area contributed by atoms with E-state index in [1.165, 1.54) is 4.90 Å². The molecule has 2 aliphatic rings. The Bertz CT molecular complexity index is 1610. The van der Waals surface area contributed by atoms with Crippen LogP contribution in [0.25, 0.3) is 10.8 Å². The van der Waals surface area contributed by atoms with Crippen molar-refractivity contribution >= 4 is 39.9 Å². The van der Waals surface area contributed by atoms with E-state index >= 15 is 0 Å². The van der Waals surface area contributed by atoms with Gasteiger partial charge in [0, 0.05) is 5.69 Å². The van der Waals surface area contributed by atoms with Gasteiger partial charge < -0.3 is 10.1 Å². The van der Waals surface area contributed by atoms with E-state index in [0.29, 0.717) is 30.0 Å². The number of para-hydroxylation sites is 1. The molecule has 1 fully saturated rings. The number of anilines is 2. The lowest BCUT2D eigenvalue weighted by atomic mass is 9.82. The normalized spacial score (nSPS) is 18.8. The van der Waals surface area contributed by atoms with Crippen LogP contribution in [0.3, 0.4) is 0 Å². The van der Waals surface area contributed by atoms with Gasteiger partial charge in [-0.2, -0.15) is 0 Å². The van der Waals surface area contributed by atoms with Crippen LogP contribution in [0.1, 0.15) is 30.1 Å². The fourth-order valence-electron chi connectivity index (χ4n) is 5.31. The number of hydrogen-bond acceptors (Lipinski definition) is 4. The highest BCUT2D eigenvalue weighted by atomic mass is 16.5. The number of fused-ring (bicyclic) bond motifs is 2. The molecule has 0 aromatic heterocycles. The Balaban J connectivity index is 1.18. The van der Waals surface area contributed by atoms with Crippen molar-refractivity contribution in [3.63, 3.8) is 0 Å². The maximum Gasteiger partial charge on any atom is 0.257 e. The van der Waals surface area contributed by atoms with Gasteiger partial charge in [-0.05, 0) is 79.1 Å². The van der Waals surface area contributed by atoms with E-state index in [9.17, 15) is 14.4 Å². The van der Waals surface area contributed by atoms with E-state index in [2.05, 4.69) is 11.4 Å². The largest absolute Gasteiger partial charge is 0.457 e.